The van der Waals surface area contributed by atoms with Gasteiger partial charge in [-0.1, -0.05) is 6.08 Å². The second-order valence-electron chi connectivity index (χ2n) is 3.59. The van der Waals surface area contributed by atoms with Crippen LogP contribution in [0.1, 0.15) is 13.3 Å². The molecular formula is C9H16O5. The van der Waals surface area contributed by atoms with Crippen molar-refractivity contribution in [3.8, 4) is 0 Å². The summed E-state index contributed by atoms with van der Waals surface area (Å²) in [6.45, 7) is 4.92. The molecule has 82 valence electrons. The first-order valence-electron chi connectivity index (χ1n) is 4.47. The van der Waals surface area contributed by atoms with Gasteiger partial charge in [-0.05, 0) is 6.92 Å². The van der Waals surface area contributed by atoms with Crippen LogP contribution < -0.4 is 0 Å². The molecule has 5 heteroatoms. The highest BCUT2D eigenvalue weighted by Gasteiger charge is 2.50. The molecule has 1 fully saturated rings. The lowest BCUT2D eigenvalue weighted by atomic mass is 9.91. The fourth-order valence-corrected chi connectivity index (χ4v) is 1.57. The summed E-state index contributed by atoms with van der Waals surface area (Å²) in [5.74, 6) is -1.86. The minimum Gasteiger partial charge on any atom is -0.388 e. The van der Waals surface area contributed by atoms with Crippen LogP contribution in [0.3, 0.4) is 0 Å². The van der Waals surface area contributed by atoms with Crippen molar-refractivity contribution in [1.29, 1.82) is 0 Å². The van der Waals surface area contributed by atoms with Crippen molar-refractivity contribution in [2.75, 3.05) is 0 Å². The van der Waals surface area contributed by atoms with E-state index in [-0.39, 0.29) is 6.42 Å². The van der Waals surface area contributed by atoms with E-state index in [4.69, 9.17) is 4.74 Å². The lowest BCUT2D eigenvalue weighted by Gasteiger charge is -2.44. The predicted octanol–water partition coefficient (Wildman–Crippen LogP) is -1.25. The quantitative estimate of drug-likeness (QED) is 0.422. The SMILES string of the molecule is C=CC[C@@]1(O)O[C@H](C)[C@@H](O)[C@H](O)[C@H]1O. The van der Waals surface area contributed by atoms with Crippen LogP contribution in [-0.4, -0.2) is 50.6 Å². The van der Waals surface area contributed by atoms with E-state index in [1.165, 1.54) is 13.0 Å². The molecule has 5 nitrogen and oxygen atoms in total. The fourth-order valence-electron chi connectivity index (χ4n) is 1.57. The third-order valence-corrected chi connectivity index (χ3v) is 2.44. The Morgan fingerprint density at radius 2 is 1.93 bits per heavy atom. The molecule has 0 aromatic rings. The smallest absolute Gasteiger partial charge is 0.198 e. The largest absolute Gasteiger partial charge is 0.388 e. The highest BCUT2D eigenvalue weighted by Crippen LogP contribution is 2.30. The summed E-state index contributed by atoms with van der Waals surface area (Å²) in [6.07, 6.45) is -3.52. The van der Waals surface area contributed by atoms with Gasteiger partial charge in [0, 0.05) is 6.42 Å². The normalized spacial score (nSPS) is 48.9. The first-order valence-corrected chi connectivity index (χ1v) is 4.47. The van der Waals surface area contributed by atoms with Crippen LogP contribution in [0.15, 0.2) is 12.7 Å². The number of aliphatic hydroxyl groups excluding tert-OH is 3. The molecule has 0 unspecified atom stereocenters. The molecule has 5 atom stereocenters. The van der Waals surface area contributed by atoms with Gasteiger partial charge in [-0.3, -0.25) is 0 Å². The molecular weight excluding hydrogens is 188 g/mol. The average molecular weight is 204 g/mol. The van der Waals surface area contributed by atoms with Gasteiger partial charge < -0.3 is 25.2 Å². The van der Waals surface area contributed by atoms with Crippen molar-refractivity contribution in [1.82, 2.24) is 0 Å². The number of hydrogen-bond donors (Lipinski definition) is 4. The Labute approximate surface area is 82.3 Å². The third-order valence-electron chi connectivity index (χ3n) is 2.44. The first-order chi connectivity index (χ1) is 6.42. The minimum atomic E-state index is -1.86. The summed E-state index contributed by atoms with van der Waals surface area (Å²) >= 11 is 0. The topological polar surface area (TPSA) is 90.2 Å². The summed E-state index contributed by atoms with van der Waals surface area (Å²) in [4.78, 5) is 0. The second-order valence-corrected chi connectivity index (χ2v) is 3.59. The van der Waals surface area contributed by atoms with Crippen LogP contribution in [-0.2, 0) is 4.74 Å². The van der Waals surface area contributed by atoms with E-state index in [9.17, 15) is 20.4 Å². The van der Waals surface area contributed by atoms with Crippen molar-refractivity contribution in [3.63, 3.8) is 0 Å². The number of hydrogen-bond acceptors (Lipinski definition) is 5. The molecule has 1 aliphatic rings. The summed E-state index contributed by atoms with van der Waals surface area (Å²) in [6, 6.07) is 0. The van der Waals surface area contributed by atoms with Crippen molar-refractivity contribution in [2.45, 2.75) is 43.5 Å². The van der Waals surface area contributed by atoms with Gasteiger partial charge in [0.2, 0.25) is 0 Å². The van der Waals surface area contributed by atoms with Gasteiger partial charge in [-0.15, -0.1) is 6.58 Å². The summed E-state index contributed by atoms with van der Waals surface area (Å²) < 4.78 is 5.03. The fraction of sp³-hybridized carbons (Fsp3) is 0.778. The van der Waals surface area contributed by atoms with Crippen LogP contribution in [0.25, 0.3) is 0 Å². The zero-order chi connectivity index (χ0) is 10.9. The maximum absolute atomic E-state index is 9.78. The Balaban J connectivity index is 2.84. The van der Waals surface area contributed by atoms with E-state index in [1.807, 2.05) is 0 Å². The molecule has 1 aliphatic heterocycles. The number of ether oxygens (including phenoxy) is 1. The van der Waals surface area contributed by atoms with Gasteiger partial charge in [-0.2, -0.15) is 0 Å². The van der Waals surface area contributed by atoms with Crippen LogP contribution in [0.2, 0.25) is 0 Å². The monoisotopic (exact) mass is 204 g/mol. The molecule has 1 saturated heterocycles. The summed E-state index contributed by atoms with van der Waals surface area (Å²) in [5.41, 5.74) is 0. The van der Waals surface area contributed by atoms with Crippen LogP contribution in [0.4, 0.5) is 0 Å². The summed E-state index contributed by atoms with van der Waals surface area (Å²) in [5, 5.41) is 38.0. The predicted molar refractivity (Wildman–Crippen MR) is 48.3 cm³/mol. The van der Waals surface area contributed by atoms with Crippen LogP contribution in [0, 0.1) is 0 Å². The summed E-state index contributed by atoms with van der Waals surface area (Å²) in [7, 11) is 0. The molecule has 1 rings (SSSR count). The minimum absolute atomic E-state index is 0.0116. The Hall–Kier alpha value is -0.460. The van der Waals surface area contributed by atoms with Gasteiger partial charge in [0.15, 0.2) is 5.79 Å². The molecule has 14 heavy (non-hydrogen) atoms. The molecule has 0 aromatic carbocycles. The van der Waals surface area contributed by atoms with E-state index in [0.717, 1.165) is 0 Å². The Morgan fingerprint density at radius 3 is 2.43 bits per heavy atom. The van der Waals surface area contributed by atoms with Crippen LogP contribution >= 0.6 is 0 Å². The standard InChI is InChI=1S/C9H16O5/c1-3-4-9(13)8(12)7(11)6(10)5(2)14-9/h3,5-8,10-13H,1,4H2,2H3/t5-,6-,7+,8-,9-/m1/s1. The van der Waals surface area contributed by atoms with E-state index >= 15 is 0 Å². The van der Waals surface area contributed by atoms with Crippen molar-refractivity contribution in [2.24, 2.45) is 0 Å². The molecule has 0 saturated carbocycles. The average Bonchev–Trinajstić information content (AvgIpc) is 2.12. The van der Waals surface area contributed by atoms with Crippen molar-refractivity contribution in [3.05, 3.63) is 12.7 Å². The Morgan fingerprint density at radius 1 is 1.36 bits per heavy atom. The lowest BCUT2D eigenvalue weighted by Crippen LogP contribution is -2.63. The van der Waals surface area contributed by atoms with Gasteiger partial charge in [0.1, 0.15) is 18.3 Å². The molecule has 0 spiro atoms. The molecule has 0 bridgehead atoms. The Bertz CT molecular complexity index is 219. The zero-order valence-corrected chi connectivity index (χ0v) is 8.00. The van der Waals surface area contributed by atoms with Gasteiger partial charge in [0.25, 0.3) is 0 Å². The molecule has 1 heterocycles. The molecule has 0 radical (unpaired) electrons. The number of rotatable bonds is 2. The van der Waals surface area contributed by atoms with Gasteiger partial charge >= 0.3 is 0 Å². The highest BCUT2D eigenvalue weighted by molar-refractivity contribution is 4.97. The maximum Gasteiger partial charge on any atom is 0.198 e. The molecule has 0 aliphatic carbocycles. The van der Waals surface area contributed by atoms with E-state index < -0.39 is 30.2 Å². The van der Waals surface area contributed by atoms with E-state index in [1.54, 1.807) is 0 Å². The first kappa shape index (κ1) is 11.6. The molecule has 0 aromatic heterocycles. The molecule has 0 amide bonds. The van der Waals surface area contributed by atoms with Crippen molar-refractivity contribution < 1.29 is 25.2 Å². The molecule has 4 N–H and O–H groups in total. The number of aliphatic hydroxyl groups is 4. The van der Waals surface area contributed by atoms with E-state index in [2.05, 4.69) is 6.58 Å². The van der Waals surface area contributed by atoms with Crippen LogP contribution in [0.5, 0.6) is 0 Å². The van der Waals surface area contributed by atoms with Gasteiger partial charge in [-0.25, -0.2) is 0 Å². The van der Waals surface area contributed by atoms with Crippen molar-refractivity contribution >= 4 is 0 Å². The highest BCUT2D eigenvalue weighted by atomic mass is 16.7. The zero-order valence-electron chi connectivity index (χ0n) is 8.00. The Kier molecular flexibility index (Phi) is 3.28. The van der Waals surface area contributed by atoms with Gasteiger partial charge in [0.05, 0.1) is 6.10 Å². The van der Waals surface area contributed by atoms with E-state index in [0.29, 0.717) is 0 Å². The third kappa shape index (κ3) is 1.82. The lowest BCUT2D eigenvalue weighted by molar-refractivity contribution is -0.340. The maximum atomic E-state index is 9.78. The second kappa shape index (κ2) is 3.96.